The first-order valence-electron chi connectivity index (χ1n) is 8.82. The summed E-state index contributed by atoms with van der Waals surface area (Å²) in [4.78, 5) is 25.1. The number of rotatable bonds is 8. The van der Waals surface area contributed by atoms with Crippen LogP contribution in [0.4, 0.5) is 5.69 Å². The van der Waals surface area contributed by atoms with Crippen LogP contribution in [0.25, 0.3) is 0 Å². The van der Waals surface area contributed by atoms with Crippen molar-refractivity contribution in [2.45, 2.75) is 27.3 Å². The Bertz CT molecular complexity index is 768. The maximum Gasteiger partial charge on any atom is 0.239 e. The maximum atomic E-state index is 12.6. The molecule has 27 heavy (non-hydrogen) atoms. The van der Waals surface area contributed by atoms with E-state index in [2.05, 4.69) is 10.6 Å². The Morgan fingerprint density at radius 1 is 0.926 bits per heavy atom. The molecule has 2 amide bonds. The lowest BCUT2D eigenvalue weighted by atomic mass is 9.90. The van der Waals surface area contributed by atoms with Gasteiger partial charge in [-0.3, -0.25) is 9.59 Å². The number of ether oxygens (including phenoxy) is 2. The van der Waals surface area contributed by atoms with E-state index in [1.807, 2.05) is 31.2 Å². The molecule has 2 aromatic rings. The molecule has 6 heteroatoms. The van der Waals surface area contributed by atoms with Crippen LogP contribution in [0.5, 0.6) is 11.5 Å². The Kier molecular flexibility index (Phi) is 6.82. The lowest BCUT2D eigenvalue weighted by Crippen LogP contribution is -2.44. The molecule has 0 radical (unpaired) electrons. The van der Waals surface area contributed by atoms with Gasteiger partial charge in [-0.2, -0.15) is 0 Å². The molecule has 2 aromatic carbocycles. The van der Waals surface area contributed by atoms with Crippen LogP contribution in [0, 0.1) is 5.41 Å². The zero-order chi connectivity index (χ0) is 19.9. The van der Waals surface area contributed by atoms with E-state index in [1.54, 1.807) is 45.2 Å². The second-order valence-electron chi connectivity index (χ2n) is 6.57. The highest BCUT2D eigenvalue weighted by atomic mass is 16.5. The molecular formula is C21H26N2O4. The second-order valence-corrected chi connectivity index (χ2v) is 6.57. The lowest BCUT2D eigenvalue weighted by molar-refractivity contribution is -0.138. The number of anilines is 1. The van der Waals surface area contributed by atoms with Crippen molar-refractivity contribution in [1.82, 2.24) is 5.32 Å². The van der Waals surface area contributed by atoms with Crippen molar-refractivity contribution in [3.05, 3.63) is 54.1 Å². The van der Waals surface area contributed by atoms with Crippen molar-refractivity contribution in [3.63, 3.8) is 0 Å². The fourth-order valence-electron chi connectivity index (χ4n) is 2.34. The molecule has 144 valence electrons. The van der Waals surface area contributed by atoms with Crippen LogP contribution >= 0.6 is 0 Å². The summed E-state index contributed by atoms with van der Waals surface area (Å²) in [5.74, 6) is 0.757. The van der Waals surface area contributed by atoms with E-state index in [-0.39, 0.29) is 11.8 Å². The van der Waals surface area contributed by atoms with Crippen LogP contribution in [-0.4, -0.2) is 25.5 Å². The van der Waals surface area contributed by atoms with Crippen LogP contribution in [0.3, 0.4) is 0 Å². The van der Waals surface area contributed by atoms with E-state index < -0.39 is 5.41 Å². The van der Waals surface area contributed by atoms with Gasteiger partial charge in [0.15, 0.2) is 0 Å². The van der Waals surface area contributed by atoms with Crippen molar-refractivity contribution in [2.24, 2.45) is 5.41 Å². The molecule has 0 unspecified atom stereocenters. The van der Waals surface area contributed by atoms with Gasteiger partial charge in [-0.25, -0.2) is 0 Å². The number of nitrogens with one attached hydrogen (secondary N) is 2. The summed E-state index contributed by atoms with van der Waals surface area (Å²) in [6, 6.07) is 14.4. The number of carbonyl (C=O) groups is 2. The van der Waals surface area contributed by atoms with Crippen LogP contribution < -0.4 is 20.1 Å². The topological polar surface area (TPSA) is 76.7 Å². The van der Waals surface area contributed by atoms with Gasteiger partial charge in [0, 0.05) is 12.2 Å². The average Bonchev–Trinajstić information content (AvgIpc) is 2.68. The van der Waals surface area contributed by atoms with E-state index in [9.17, 15) is 9.59 Å². The number of carbonyl (C=O) groups excluding carboxylic acids is 2. The third-order valence-electron chi connectivity index (χ3n) is 4.17. The SMILES string of the molecule is CCOc1ccc(NC(=O)C(C)(C)C(=O)NCc2ccc(OC)cc2)cc1. The van der Waals surface area contributed by atoms with Crippen molar-refractivity contribution in [3.8, 4) is 11.5 Å². The molecule has 6 nitrogen and oxygen atoms in total. The molecule has 0 aliphatic heterocycles. The molecule has 0 aliphatic carbocycles. The van der Waals surface area contributed by atoms with E-state index in [4.69, 9.17) is 9.47 Å². The van der Waals surface area contributed by atoms with Crippen LogP contribution in [0.1, 0.15) is 26.3 Å². The van der Waals surface area contributed by atoms with Crippen molar-refractivity contribution in [1.29, 1.82) is 0 Å². The number of benzene rings is 2. The van der Waals surface area contributed by atoms with Gasteiger partial charge in [0.2, 0.25) is 11.8 Å². The van der Waals surface area contributed by atoms with Crippen LogP contribution in [-0.2, 0) is 16.1 Å². The van der Waals surface area contributed by atoms with Gasteiger partial charge in [-0.1, -0.05) is 12.1 Å². The maximum absolute atomic E-state index is 12.6. The van der Waals surface area contributed by atoms with E-state index in [0.29, 0.717) is 18.8 Å². The average molecular weight is 370 g/mol. The molecule has 0 aliphatic rings. The summed E-state index contributed by atoms with van der Waals surface area (Å²) < 4.78 is 10.5. The number of amides is 2. The van der Waals surface area contributed by atoms with Crippen LogP contribution in [0.15, 0.2) is 48.5 Å². The number of hydrogen-bond acceptors (Lipinski definition) is 4. The van der Waals surface area contributed by atoms with E-state index >= 15 is 0 Å². The first-order valence-corrected chi connectivity index (χ1v) is 8.82. The number of methoxy groups -OCH3 is 1. The van der Waals surface area contributed by atoms with Crippen LogP contribution in [0.2, 0.25) is 0 Å². The normalized spacial score (nSPS) is 10.8. The third kappa shape index (κ3) is 5.48. The van der Waals surface area contributed by atoms with Gasteiger partial charge in [0.05, 0.1) is 13.7 Å². The Labute approximate surface area is 159 Å². The summed E-state index contributed by atoms with van der Waals surface area (Å²) in [5.41, 5.74) is 0.316. The van der Waals surface area contributed by atoms with Crippen molar-refractivity contribution >= 4 is 17.5 Å². The standard InChI is InChI=1S/C21H26N2O4/c1-5-27-18-12-8-16(9-13-18)23-20(25)21(2,3)19(24)22-14-15-6-10-17(26-4)11-7-15/h6-13H,5,14H2,1-4H3,(H,22,24)(H,23,25). The van der Waals surface area contributed by atoms with Crippen molar-refractivity contribution in [2.75, 3.05) is 19.0 Å². The largest absolute Gasteiger partial charge is 0.497 e. The Balaban J connectivity index is 1.93. The monoisotopic (exact) mass is 370 g/mol. The van der Waals surface area contributed by atoms with Gasteiger partial charge in [0.25, 0.3) is 0 Å². The van der Waals surface area contributed by atoms with Gasteiger partial charge < -0.3 is 20.1 Å². The first kappa shape index (κ1) is 20.3. The second kappa shape index (κ2) is 9.07. The fourth-order valence-corrected chi connectivity index (χ4v) is 2.34. The Morgan fingerprint density at radius 3 is 2.07 bits per heavy atom. The van der Waals surface area contributed by atoms with Gasteiger partial charge >= 0.3 is 0 Å². The van der Waals surface area contributed by atoms with Gasteiger partial charge in [-0.15, -0.1) is 0 Å². The lowest BCUT2D eigenvalue weighted by Gasteiger charge is -2.23. The van der Waals surface area contributed by atoms with E-state index in [0.717, 1.165) is 17.1 Å². The molecule has 0 heterocycles. The van der Waals surface area contributed by atoms with Gasteiger partial charge in [0.1, 0.15) is 16.9 Å². The number of hydrogen-bond donors (Lipinski definition) is 2. The predicted octanol–water partition coefficient (Wildman–Crippen LogP) is 3.38. The molecule has 0 bridgehead atoms. The zero-order valence-electron chi connectivity index (χ0n) is 16.2. The molecule has 0 saturated carbocycles. The minimum absolute atomic E-state index is 0.336. The quantitative estimate of drug-likeness (QED) is 0.699. The Hall–Kier alpha value is -3.02. The summed E-state index contributed by atoms with van der Waals surface area (Å²) in [6.45, 7) is 6.01. The molecule has 0 aromatic heterocycles. The minimum Gasteiger partial charge on any atom is -0.497 e. The zero-order valence-corrected chi connectivity index (χ0v) is 16.2. The third-order valence-corrected chi connectivity index (χ3v) is 4.17. The molecule has 2 rings (SSSR count). The molecular weight excluding hydrogens is 344 g/mol. The highest BCUT2D eigenvalue weighted by Gasteiger charge is 2.35. The van der Waals surface area contributed by atoms with Crippen molar-refractivity contribution < 1.29 is 19.1 Å². The fraction of sp³-hybridized carbons (Fsp3) is 0.333. The molecule has 0 fully saturated rings. The summed E-state index contributed by atoms with van der Waals surface area (Å²) in [7, 11) is 1.60. The summed E-state index contributed by atoms with van der Waals surface area (Å²) in [6.07, 6.45) is 0. The molecule has 0 atom stereocenters. The molecule has 2 N–H and O–H groups in total. The summed E-state index contributed by atoms with van der Waals surface area (Å²) in [5, 5.41) is 5.58. The van der Waals surface area contributed by atoms with Gasteiger partial charge in [-0.05, 0) is 62.7 Å². The minimum atomic E-state index is -1.22. The highest BCUT2D eigenvalue weighted by Crippen LogP contribution is 2.21. The Morgan fingerprint density at radius 2 is 1.52 bits per heavy atom. The smallest absolute Gasteiger partial charge is 0.239 e. The highest BCUT2D eigenvalue weighted by molar-refractivity contribution is 6.09. The molecule has 0 saturated heterocycles. The first-order chi connectivity index (χ1) is 12.9. The summed E-state index contributed by atoms with van der Waals surface area (Å²) >= 11 is 0. The molecule has 0 spiro atoms. The van der Waals surface area contributed by atoms with E-state index in [1.165, 1.54) is 0 Å². The predicted molar refractivity (Wildman–Crippen MR) is 105 cm³/mol.